The van der Waals surface area contributed by atoms with Crippen LogP contribution < -0.4 is 0 Å². The van der Waals surface area contributed by atoms with Crippen LogP contribution in [0.15, 0.2) is 16.6 Å². The van der Waals surface area contributed by atoms with E-state index in [-0.39, 0.29) is 11.9 Å². The van der Waals surface area contributed by atoms with Gasteiger partial charge < -0.3 is 4.74 Å². The summed E-state index contributed by atoms with van der Waals surface area (Å²) in [7, 11) is 1.67. The Labute approximate surface area is 85.0 Å². The van der Waals surface area contributed by atoms with E-state index < -0.39 is 0 Å². The molecule has 0 radical (unpaired) electrons. The van der Waals surface area contributed by atoms with Gasteiger partial charge in [0, 0.05) is 7.11 Å². The van der Waals surface area contributed by atoms with Gasteiger partial charge in [0.15, 0.2) is 0 Å². The summed E-state index contributed by atoms with van der Waals surface area (Å²) < 4.78 is 19.0. The fraction of sp³-hybridized carbons (Fsp3) is 0.400. The molecular weight excluding hydrogens is 235 g/mol. The number of benzene rings is 1. The Morgan fingerprint density at radius 1 is 1.54 bits per heavy atom. The van der Waals surface area contributed by atoms with Crippen molar-refractivity contribution in [2.24, 2.45) is 0 Å². The number of aryl methyl sites for hydroxylation is 1. The Balaban J connectivity index is 2.47. The molecule has 1 unspecified atom stereocenters. The molecule has 2 rings (SSSR count). The molecule has 0 aromatic heterocycles. The molecule has 0 spiro atoms. The SMILES string of the molecule is COC1CCc2cc(Br)c(F)cc21. The second-order valence-corrected chi connectivity index (χ2v) is 4.08. The number of halogens is 2. The standard InChI is InChI=1S/C10H10BrFO/c1-13-10-3-2-6-4-8(11)9(12)5-7(6)10/h4-5,10H,2-3H2,1H3. The fourth-order valence-electron chi connectivity index (χ4n) is 1.81. The molecule has 3 heteroatoms. The monoisotopic (exact) mass is 244 g/mol. The van der Waals surface area contributed by atoms with E-state index in [0.29, 0.717) is 4.47 Å². The van der Waals surface area contributed by atoms with Crippen LogP contribution in [-0.2, 0) is 11.2 Å². The molecule has 0 aliphatic heterocycles. The first-order valence-corrected chi connectivity index (χ1v) is 5.02. The molecule has 1 atom stereocenters. The third-order valence-electron chi connectivity index (χ3n) is 2.49. The predicted molar refractivity (Wildman–Crippen MR) is 52.2 cm³/mol. The van der Waals surface area contributed by atoms with Crippen molar-refractivity contribution >= 4 is 15.9 Å². The summed E-state index contributed by atoms with van der Waals surface area (Å²) in [6.07, 6.45) is 2.02. The number of fused-ring (bicyclic) bond motifs is 1. The number of methoxy groups -OCH3 is 1. The maximum atomic E-state index is 13.2. The van der Waals surface area contributed by atoms with Gasteiger partial charge in [-0.05, 0) is 52.0 Å². The van der Waals surface area contributed by atoms with Crippen LogP contribution in [0.3, 0.4) is 0 Å². The van der Waals surface area contributed by atoms with Crippen LogP contribution in [0.1, 0.15) is 23.7 Å². The Kier molecular flexibility index (Phi) is 2.39. The highest BCUT2D eigenvalue weighted by molar-refractivity contribution is 9.10. The van der Waals surface area contributed by atoms with Gasteiger partial charge in [0.25, 0.3) is 0 Å². The molecule has 0 bridgehead atoms. The lowest BCUT2D eigenvalue weighted by molar-refractivity contribution is 0.105. The first-order chi connectivity index (χ1) is 6.22. The van der Waals surface area contributed by atoms with Gasteiger partial charge in [0.05, 0.1) is 10.6 Å². The van der Waals surface area contributed by atoms with Crippen LogP contribution in [0, 0.1) is 5.82 Å². The van der Waals surface area contributed by atoms with Crippen molar-refractivity contribution in [3.8, 4) is 0 Å². The van der Waals surface area contributed by atoms with Crippen LogP contribution >= 0.6 is 15.9 Å². The van der Waals surface area contributed by atoms with E-state index in [1.807, 2.05) is 6.07 Å². The fourth-order valence-corrected chi connectivity index (χ4v) is 2.20. The number of rotatable bonds is 1. The maximum absolute atomic E-state index is 13.2. The molecule has 0 amide bonds. The summed E-state index contributed by atoms with van der Waals surface area (Å²) in [5, 5.41) is 0. The van der Waals surface area contributed by atoms with Crippen LogP contribution in [0.5, 0.6) is 0 Å². The molecule has 1 aromatic carbocycles. The zero-order valence-electron chi connectivity index (χ0n) is 7.31. The Morgan fingerprint density at radius 2 is 2.31 bits per heavy atom. The predicted octanol–water partition coefficient (Wildman–Crippen LogP) is 3.22. The summed E-state index contributed by atoms with van der Waals surface area (Å²) in [6.45, 7) is 0. The van der Waals surface area contributed by atoms with Crippen LogP contribution in [-0.4, -0.2) is 7.11 Å². The summed E-state index contributed by atoms with van der Waals surface area (Å²) in [5.41, 5.74) is 2.20. The summed E-state index contributed by atoms with van der Waals surface area (Å²) >= 11 is 3.17. The van der Waals surface area contributed by atoms with Crippen molar-refractivity contribution in [2.75, 3.05) is 7.11 Å². The third kappa shape index (κ3) is 1.51. The van der Waals surface area contributed by atoms with E-state index in [4.69, 9.17) is 4.74 Å². The van der Waals surface area contributed by atoms with E-state index in [2.05, 4.69) is 15.9 Å². The average molecular weight is 245 g/mol. The van der Waals surface area contributed by atoms with E-state index >= 15 is 0 Å². The van der Waals surface area contributed by atoms with Crippen LogP contribution in [0.4, 0.5) is 4.39 Å². The van der Waals surface area contributed by atoms with Crippen LogP contribution in [0.25, 0.3) is 0 Å². The van der Waals surface area contributed by atoms with Crippen molar-refractivity contribution < 1.29 is 9.13 Å². The summed E-state index contributed by atoms with van der Waals surface area (Å²) in [6, 6.07) is 3.42. The molecule has 70 valence electrons. The van der Waals surface area contributed by atoms with Gasteiger partial charge in [-0.25, -0.2) is 4.39 Å². The molecule has 0 saturated heterocycles. The molecule has 1 aromatic rings. The second-order valence-electron chi connectivity index (χ2n) is 3.23. The first-order valence-electron chi connectivity index (χ1n) is 4.23. The van der Waals surface area contributed by atoms with Crippen LogP contribution in [0.2, 0.25) is 0 Å². The largest absolute Gasteiger partial charge is 0.377 e. The normalized spacial score (nSPS) is 20.4. The molecule has 0 heterocycles. The Bertz CT molecular complexity index is 338. The van der Waals surface area contributed by atoms with Crippen molar-refractivity contribution in [2.45, 2.75) is 18.9 Å². The first kappa shape index (κ1) is 9.16. The molecule has 1 aliphatic rings. The average Bonchev–Trinajstić information content (AvgIpc) is 2.48. The van der Waals surface area contributed by atoms with Crippen molar-refractivity contribution in [1.29, 1.82) is 0 Å². The maximum Gasteiger partial charge on any atom is 0.137 e. The lowest BCUT2D eigenvalue weighted by Gasteiger charge is -2.09. The lowest BCUT2D eigenvalue weighted by Crippen LogP contribution is -1.96. The number of ether oxygens (including phenoxy) is 1. The van der Waals surface area contributed by atoms with Crippen molar-refractivity contribution in [3.63, 3.8) is 0 Å². The second kappa shape index (κ2) is 3.39. The number of hydrogen-bond donors (Lipinski definition) is 0. The highest BCUT2D eigenvalue weighted by atomic mass is 79.9. The lowest BCUT2D eigenvalue weighted by atomic mass is 10.1. The van der Waals surface area contributed by atoms with Gasteiger partial charge >= 0.3 is 0 Å². The molecule has 1 aliphatic carbocycles. The zero-order valence-corrected chi connectivity index (χ0v) is 8.90. The molecule has 0 N–H and O–H groups in total. The molecule has 1 nitrogen and oxygen atoms in total. The summed E-state index contributed by atoms with van der Waals surface area (Å²) in [5.74, 6) is -0.206. The van der Waals surface area contributed by atoms with Gasteiger partial charge in [-0.2, -0.15) is 0 Å². The highest BCUT2D eigenvalue weighted by Crippen LogP contribution is 2.36. The Hall–Kier alpha value is -0.410. The van der Waals surface area contributed by atoms with Crippen molar-refractivity contribution in [3.05, 3.63) is 33.5 Å². The Morgan fingerprint density at radius 3 is 3.00 bits per heavy atom. The van der Waals surface area contributed by atoms with Gasteiger partial charge in [-0.3, -0.25) is 0 Å². The molecule has 0 saturated carbocycles. The highest BCUT2D eigenvalue weighted by Gasteiger charge is 2.23. The van der Waals surface area contributed by atoms with Crippen molar-refractivity contribution in [1.82, 2.24) is 0 Å². The minimum absolute atomic E-state index is 0.0811. The third-order valence-corrected chi connectivity index (χ3v) is 3.10. The summed E-state index contributed by atoms with van der Waals surface area (Å²) in [4.78, 5) is 0. The van der Waals surface area contributed by atoms with Gasteiger partial charge in [0.2, 0.25) is 0 Å². The zero-order chi connectivity index (χ0) is 9.42. The van der Waals surface area contributed by atoms with E-state index in [1.165, 1.54) is 5.56 Å². The van der Waals surface area contributed by atoms with E-state index in [1.54, 1.807) is 13.2 Å². The topological polar surface area (TPSA) is 9.23 Å². The van der Waals surface area contributed by atoms with E-state index in [0.717, 1.165) is 18.4 Å². The minimum atomic E-state index is -0.206. The molecular formula is C10H10BrFO. The smallest absolute Gasteiger partial charge is 0.137 e. The minimum Gasteiger partial charge on any atom is -0.377 e. The molecule has 13 heavy (non-hydrogen) atoms. The van der Waals surface area contributed by atoms with Gasteiger partial charge in [-0.15, -0.1) is 0 Å². The quantitative estimate of drug-likeness (QED) is 0.738. The van der Waals surface area contributed by atoms with Gasteiger partial charge in [0.1, 0.15) is 5.82 Å². The molecule has 0 fully saturated rings. The number of hydrogen-bond acceptors (Lipinski definition) is 1. The van der Waals surface area contributed by atoms with E-state index in [9.17, 15) is 4.39 Å². The van der Waals surface area contributed by atoms with Gasteiger partial charge in [-0.1, -0.05) is 0 Å².